The van der Waals surface area contributed by atoms with Crippen molar-refractivity contribution in [2.24, 2.45) is 16.6 Å². The molecule has 38 heavy (non-hydrogen) atoms. The molecule has 0 aliphatic carbocycles. The zero-order valence-electron chi connectivity index (χ0n) is 22.2. The fraction of sp³-hybridized carbons (Fsp3) is 0.345. The van der Waals surface area contributed by atoms with Crippen molar-refractivity contribution in [1.82, 2.24) is 19.9 Å². The molecule has 0 saturated carbocycles. The molecule has 1 aliphatic rings. The first-order valence-corrected chi connectivity index (χ1v) is 13.1. The molecule has 5 rings (SSSR count). The Morgan fingerprint density at radius 3 is 2.89 bits per heavy atom. The van der Waals surface area contributed by atoms with Crippen LogP contribution in [0.5, 0.6) is 11.6 Å². The molecule has 0 spiro atoms. The van der Waals surface area contributed by atoms with Crippen molar-refractivity contribution in [2.75, 3.05) is 32.1 Å². The molecule has 0 radical (unpaired) electrons. The van der Waals surface area contributed by atoms with Gasteiger partial charge in [-0.2, -0.15) is 5.10 Å². The van der Waals surface area contributed by atoms with E-state index < -0.39 is 0 Å². The number of nitrogens with zero attached hydrogens (tertiary/aromatic N) is 4. The van der Waals surface area contributed by atoms with E-state index in [1.54, 1.807) is 31.5 Å². The molecule has 5 N–H and O–H groups in total. The zero-order valence-corrected chi connectivity index (χ0v) is 22.2. The first-order chi connectivity index (χ1) is 18.5. The van der Waals surface area contributed by atoms with Crippen LogP contribution >= 0.6 is 0 Å². The van der Waals surface area contributed by atoms with Gasteiger partial charge in [-0.1, -0.05) is 6.92 Å². The number of nitrogens with two attached hydrogens (primary N) is 1. The number of aromatic hydroxyl groups is 1. The highest BCUT2D eigenvalue weighted by molar-refractivity contribution is 6.06. The van der Waals surface area contributed by atoms with Crippen molar-refractivity contribution in [3.05, 3.63) is 65.6 Å². The highest BCUT2D eigenvalue weighted by Gasteiger charge is 2.19. The first kappa shape index (κ1) is 25.5. The summed E-state index contributed by atoms with van der Waals surface area (Å²) in [5.74, 6) is 1.70. The number of phenols is 1. The van der Waals surface area contributed by atoms with Crippen molar-refractivity contribution >= 4 is 22.7 Å². The van der Waals surface area contributed by atoms with Crippen LogP contribution in [0.4, 0.5) is 11.4 Å². The molecule has 9 nitrogen and oxygen atoms in total. The van der Waals surface area contributed by atoms with Crippen molar-refractivity contribution in [1.29, 1.82) is 0 Å². The van der Waals surface area contributed by atoms with Gasteiger partial charge in [-0.3, -0.25) is 0 Å². The number of ether oxygens (including phenoxy) is 1. The molecule has 1 aromatic carbocycles. The average molecular weight is 514 g/mol. The molecule has 4 heterocycles. The van der Waals surface area contributed by atoms with Crippen LogP contribution in [-0.4, -0.2) is 52.3 Å². The van der Waals surface area contributed by atoms with Gasteiger partial charge in [0, 0.05) is 36.1 Å². The SMILES string of the molecule is CCc1cc(O)ccc1N=C(N)c1cnn2cc(-c3cnc(OC)cc3C)cc2c1NC[C@H]1CCCNC1. The second-order valence-electron chi connectivity index (χ2n) is 9.79. The van der Waals surface area contributed by atoms with E-state index in [0.29, 0.717) is 17.6 Å². The second kappa shape index (κ2) is 11.1. The Hall–Kier alpha value is -4.11. The molecule has 4 aromatic rings. The van der Waals surface area contributed by atoms with Gasteiger partial charge < -0.3 is 26.2 Å². The lowest BCUT2D eigenvalue weighted by atomic mass is 9.99. The lowest BCUT2D eigenvalue weighted by molar-refractivity contribution is 0.393. The quantitative estimate of drug-likeness (QED) is 0.203. The van der Waals surface area contributed by atoms with Crippen molar-refractivity contribution in [3.63, 3.8) is 0 Å². The minimum atomic E-state index is 0.218. The lowest BCUT2D eigenvalue weighted by Gasteiger charge is -2.24. The molecule has 198 valence electrons. The van der Waals surface area contributed by atoms with Gasteiger partial charge >= 0.3 is 0 Å². The predicted molar refractivity (Wildman–Crippen MR) is 152 cm³/mol. The van der Waals surface area contributed by atoms with Crippen LogP contribution in [0.3, 0.4) is 0 Å². The number of benzene rings is 1. The molecule has 1 fully saturated rings. The normalized spacial score (nSPS) is 16.1. The van der Waals surface area contributed by atoms with Crippen molar-refractivity contribution in [3.8, 4) is 22.8 Å². The Morgan fingerprint density at radius 1 is 1.29 bits per heavy atom. The molecule has 9 heteroatoms. The fourth-order valence-corrected chi connectivity index (χ4v) is 5.03. The maximum atomic E-state index is 9.90. The Bertz CT molecular complexity index is 1470. The molecule has 1 atom stereocenters. The number of hydrogen-bond acceptors (Lipinski definition) is 7. The molecule has 3 aromatic heterocycles. The van der Waals surface area contributed by atoms with E-state index in [1.165, 1.54) is 12.8 Å². The Morgan fingerprint density at radius 2 is 2.16 bits per heavy atom. The summed E-state index contributed by atoms with van der Waals surface area (Å²) in [7, 11) is 1.62. The summed E-state index contributed by atoms with van der Waals surface area (Å²) in [6, 6.07) is 9.20. The number of phenolic OH excluding ortho intramolecular Hbond substituents is 1. The Labute approximate surface area is 222 Å². The summed E-state index contributed by atoms with van der Waals surface area (Å²) in [5, 5.41) is 21.8. The summed E-state index contributed by atoms with van der Waals surface area (Å²) in [6.07, 6.45) is 8.69. The number of pyridine rings is 1. The number of aromatic nitrogens is 3. The molecular formula is C29H35N7O2. The number of methoxy groups -OCH3 is 1. The van der Waals surface area contributed by atoms with E-state index in [2.05, 4.69) is 26.8 Å². The highest BCUT2D eigenvalue weighted by Crippen LogP contribution is 2.32. The topological polar surface area (TPSA) is 122 Å². The van der Waals surface area contributed by atoms with Crippen LogP contribution in [0.2, 0.25) is 0 Å². The molecule has 0 unspecified atom stereocenters. The summed E-state index contributed by atoms with van der Waals surface area (Å²) < 4.78 is 7.15. The zero-order chi connectivity index (χ0) is 26.6. The van der Waals surface area contributed by atoms with Gasteiger partial charge in [-0.15, -0.1) is 0 Å². The van der Waals surface area contributed by atoms with Gasteiger partial charge in [-0.05, 0) is 80.6 Å². The number of nitrogens with one attached hydrogen (secondary N) is 2. The van der Waals surface area contributed by atoms with E-state index in [-0.39, 0.29) is 5.75 Å². The first-order valence-electron chi connectivity index (χ1n) is 13.1. The van der Waals surface area contributed by atoms with Crippen molar-refractivity contribution < 1.29 is 9.84 Å². The van der Waals surface area contributed by atoms with Gasteiger partial charge in [0.05, 0.1) is 35.8 Å². The number of aryl methyl sites for hydroxylation is 2. The standard InChI is InChI=1S/C29H35N7O2/c1-4-20-11-22(37)7-8-25(20)35-29(30)24-16-34-36-17-21(23-15-32-27(38-3)10-18(23)2)12-26(36)28(24)33-14-19-6-5-9-31-13-19/h7-8,10-12,15-17,19,31,33,37H,4-6,9,13-14H2,1-3H3,(H2,30,35)/t19-/m0/s1. The van der Waals surface area contributed by atoms with E-state index in [9.17, 15) is 5.11 Å². The number of aliphatic imine (C=N–C) groups is 1. The minimum absolute atomic E-state index is 0.218. The third kappa shape index (κ3) is 5.28. The third-order valence-electron chi connectivity index (χ3n) is 7.17. The van der Waals surface area contributed by atoms with Crippen LogP contribution in [0, 0.1) is 12.8 Å². The maximum Gasteiger partial charge on any atom is 0.213 e. The van der Waals surface area contributed by atoms with Gasteiger partial charge in [0.15, 0.2) is 0 Å². The van der Waals surface area contributed by atoms with Crippen LogP contribution in [0.25, 0.3) is 16.6 Å². The molecule has 1 saturated heterocycles. The number of fused-ring (bicyclic) bond motifs is 1. The predicted octanol–water partition coefficient (Wildman–Crippen LogP) is 4.43. The Kier molecular flexibility index (Phi) is 7.46. The summed E-state index contributed by atoms with van der Waals surface area (Å²) in [4.78, 5) is 9.17. The smallest absolute Gasteiger partial charge is 0.213 e. The molecule has 0 bridgehead atoms. The van der Waals surface area contributed by atoms with E-state index in [4.69, 9.17) is 15.5 Å². The van der Waals surface area contributed by atoms with E-state index >= 15 is 0 Å². The van der Waals surface area contributed by atoms with Crippen LogP contribution in [0.15, 0.2) is 53.9 Å². The third-order valence-corrected chi connectivity index (χ3v) is 7.17. The van der Waals surface area contributed by atoms with Crippen LogP contribution in [0.1, 0.15) is 36.5 Å². The summed E-state index contributed by atoms with van der Waals surface area (Å²) in [6.45, 7) is 6.95. The lowest BCUT2D eigenvalue weighted by Crippen LogP contribution is -2.34. The molecule has 0 amide bonds. The number of rotatable bonds is 8. The average Bonchev–Trinajstić information content (AvgIpc) is 3.37. The largest absolute Gasteiger partial charge is 0.508 e. The number of hydrogen-bond donors (Lipinski definition) is 4. The molecule has 1 aliphatic heterocycles. The Balaban J connectivity index is 1.58. The summed E-state index contributed by atoms with van der Waals surface area (Å²) in [5.41, 5.74) is 13.9. The fourth-order valence-electron chi connectivity index (χ4n) is 5.03. The summed E-state index contributed by atoms with van der Waals surface area (Å²) >= 11 is 0. The van der Waals surface area contributed by atoms with Crippen LogP contribution in [-0.2, 0) is 6.42 Å². The van der Waals surface area contributed by atoms with Crippen LogP contribution < -0.4 is 21.1 Å². The maximum absolute atomic E-state index is 9.90. The van der Waals surface area contributed by atoms with E-state index in [1.807, 2.05) is 36.8 Å². The van der Waals surface area contributed by atoms with Crippen molar-refractivity contribution in [2.45, 2.75) is 33.1 Å². The van der Waals surface area contributed by atoms with Gasteiger partial charge in [0.1, 0.15) is 11.6 Å². The number of anilines is 1. The number of piperidine rings is 1. The second-order valence-corrected chi connectivity index (χ2v) is 9.79. The molecular weight excluding hydrogens is 478 g/mol. The van der Waals surface area contributed by atoms with Gasteiger partial charge in [-0.25, -0.2) is 14.5 Å². The minimum Gasteiger partial charge on any atom is -0.508 e. The highest BCUT2D eigenvalue weighted by atomic mass is 16.5. The van der Waals surface area contributed by atoms with Gasteiger partial charge in [0.25, 0.3) is 0 Å². The monoisotopic (exact) mass is 513 g/mol. The van der Waals surface area contributed by atoms with Gasteiger partial charge in [0.2, 0.25) is 5.88 Å². The number of amidine groups is 1. The van der Waals surface area contributed by atoms with E-state index in [0.717, 1.165) is 70.8 Å².